The van der Waals surface area contributed by atoms with Gasteiger partial charge in [0.1, 0.15) is 23.7 Å². The lowest BCUT2D eigenvalue weighted by atomic mass is 9.94. The summed E-state index contributed by atoms with van der Waals surface area (Å²) in [6.07, 6.45) is 0. The maximum Gasteiger partial charge on any atom is 0.147 e. The molecule has 0 saturated carbocycles. The lowest BCUT2D eigenvalue weighted by Crippen LogP contribution is -2.56. The number of ether oxygens (including phenoxy) is 1. The van der Waals surface area contributed by atoms with Crippen molar-refractivity contribution >= 4 is 0 Å². The Morgan fingerprint density at radius 3 is 2.92 bits per heavy atom. The first kappa shape index (κ1) is 8.74. The Morgan fingerprint density at radius 2 is 2.38 bits per heavy atom. The van der Waals surface area contributed by atoms with E-state index in [2.05, 4.69) is 5.32 Å². The number of hydrogen-bond donors (Lipinski definition) is 2. The molecule has 4 nitrogen and oxygen atoms in total. The highest BCUT2D eigenvalue weighted by molar-refractivity contribution is 5.18. The summed E-state index contributed by atoms with van der Waals surface area (Å²) >= 11 is 0. The van der Waals surface area contributed by atoms with Gasteiger partial charge in [-0.05, 0) is 12.1 Å². The molecule has 0 amide bonds. The summed E-state index contributed by atoms with van der Waals surface area (Å²) in [6.45, 7) is 1.57. The monoisotopic (exact) mass is 183 g/mol. The second-order valence-electron chi connectivity index (χ2n) is 3.33. The van der Waals surface area contributed by atoms with E-state index in [9.17, 15) is 5.11 Å². The Hall–Kier alpha value is -0.840. The summed E-state index contributed by atoms with van der Waals surface area (Å²) in [4.78, 5) is 0. The standard InChI is InChI=1S/C9H13NO3/c1-12-4-7-2-3-8(13-7)9(11)5-10-6-9/h2-3,10-11H,4-6H2,1H3. The van der Waals surface area contributed by atoms with Gasteiger partial charge in [-0.15, -0.1) is 0 Å². The van der Waals surface area contributed by atoms with Crippen LogP contribution in [-0.4, -0.2) is 25.3 Å². The van der Waals surface area contributed by atoms with Crippen LogP contribution in [0.15, 0.2) is 16.5 Å². The van der Waals surface area contributed by atoms with Gasteiger partial charge in [0.15, 0.2) is 0 Å². The summed E-state index contributed by atoms with van der Waals surface area (Å²) in [5.74, 6) is 1.37. The average Bonchev–Trinajstić information content (AvgIpc) is 2.50. The normalized spacial score (nSPS) is 19.8. The van der Waals surface area contributed by atoms with E-state index in [0.717, 1.165) is 5.76 Å². The molecule has 1 saturated heterocycles. The van der Waals surface area contributed by atoms with Gasteiger partial charge in [-0.25, -0.2) is 0 Å². The molecule has 1 fully saturated rings. The van der Waals surface area contributed by atoms with Gasteiger partial charge >= 0.3 is 0 Å². The third-order valence-corrected chi connectivity index (χ3v) is 2.24. The third kappa shape index (κ3) is 1.48. The topological polar surface area (TPSA) is 54.6 Å². The summed E-state index contributed by atoms with van der Waals surface area (Å²) in [5, 5.41) is 12.9. The molecule has 0 radical (unpaired) electrons. The van der Waals surface area contributed by atoms with Crippen LogP contribution in [0.5, 0.6) is 0 Å². The number of hydrogen-bond acceptors (Lipinski definition) is 4. The minimum atomic E-state index is -0.800. The van der Waals surface area contributed by atoms with Crippen LogP contribution in [0.4, 0.5) is 0 Å². The molecule has 4 heteroatoms. The second kappa shape index (κ2) is 3.14. The molecule has 2 N–H and O–H groups in total. The van der Waals surface area contributed by atoms with Gasteiger partial charge in [-0.3, -0.25) is 0 Å². The van der Waals surface area contributed by atoms with Crippen LogP contribution in [-0.2, 0) is 16.9 Å². The minimum absolute atomic E-state index is 0.448. The first-order valence-corrected chi connectivity index (χ1v) is 4.26. The highest BCUT2D eigenvalue weighted by Crippen LogP contribution is 2.26. The summed E-state index contributed by atoms with van der Waals surface area (Å²) in [6, 6.07) is 3.63. The predicted molar refractivity (Wildman–Crippen MR) is 46.2 cm³/mol. The lowest BCUT2D eigenvalue weighted by molar-refractivity contribution is -0.0349. The van der Waals surface area contributed by atoms with Crippen molar-refractivity contribution in [3.8, 4) is 0 Å². The van der Waals surface area contributed by atoms with Crippen molar-refractivity contribution < 1.29 is 14.3 Å². The number of furan rings is 1. The van der Waals surface area contributed by atoms with Crippen molar-refractivity contribution in [2.24, 2.45) is 0 Å². The lowest BCUT2D eigenvalue weighted by Gasteiger charge is -2.35. The first-order chi connectivity index (χ1) is 6.24. The molecule has 72 valence electrons. The number of rotatable bonds is 3. The summed E-state index contributed by atoms with van der Waals surface area (Å²) in [7, 11) is 1.61. The van der Waals surface area contributed by atoms with Gasteiger partial charge in [-0.2, -0.15) is 0 Å². The van der Waals surface area contributed by atoms with E-state index >= 15 is 0 Å². The number of β-amino-alcohol motifs (C(OH)–C–C–N with tert-alkyl or cyclic N) is 1. The summed E-state index contributed by atoms with van der Waals surface area (Å²) in [5.41, 5.74) is -0.800. The van der Waals surface area contributed by atoms with E-state index in [4.69, 9.17) is 9.15 Å². The van der Waals surface area contributed by atoms with E-state index < -0.39 is 5.60 Å². The Kier molecular flexibility index (Phi) is 2.11. The van der Waals surface area contributed by atoms with E-state index in [1.165, 1.54) is 0 Å². The Labute approximate surface area is 76.5 Å². The maximum absolute atomic E-state index is 9.87. The van der Waals surface area contributed by atoms with Crippen molar-refractivity contribution in [2.75, 3.05) is 20.2 Å². The highest BCUT2D eigenvalue weighted by atomic mass is 16.5. The predicted octanol–water partition coefficient (Wildman–Crippen LogP) is 0.217. The molecule has 2 rings (SSSR count). The van der Waals surface area contributed by atoms with Gasteiger partial charge in [0.05, 0.1) is 0 Å². The van der Waals surface area contributed by atoms with Crippen LogP contribution in [0.3, 0.4) is 0 Å². The quantitative estimate of drug-likeness (QED) is 0.703. The second-order valence-corrected chi connectivity index (χ2v) is 3.33. The molecule has 0 aromatic carbocycles. The fourth-order valence-electron chi connectivity index (χ4n) is 1.38. The molecule has 1 aliphatic heterocycles. The molecule has 0 aliphatic carbocycles. The molecule has 13 heavy (non-hydrogen) atoms. The van der Waals surface area contributed by atoms with Crippen LogP contribution in [0.1, 0.15) is 11.5 Å². The molecular weight excluding hydrogens is 170 g/mol. The van der Waals surface area contributed by atoms with Crippen LogP contribution >= 0.6 is 0 Å². The van der Waals surface area contributed by atoms with Crippen LogP contribution in [0.25, 0.3) is 0 Å². The minimum Gasteiger partial charge on any atom is -0.460 e. The molecule has 0 bridgehead atoms. The van der Waals surface area contributed by atoms with Crippen LogP contribution < -0.4 is 5.32 Å². The zero-order valence-electron chi connectivity index (χ0n) is 7.54. The Morgan fingerprint density at radius 1 is 1.62 bits per heavy atom. The molecule has 2 heterocycles. The van der Waals surface area contributed by atoms with Crippen molar-refractivity contribution in [1.82, 2.24) is 5.32 Å². The molecule has 1 aromatic rings. The zero-order chi connectivity index (χ0) is 9.31. The Balaban J connectivity index is 2.12. The van der Waals surface area contributed by atoms with Crippen molar-refractivity contribution in [2.45, 2.75) is 12.2 Å². The fraction of sp³-hybridized carbons (Fsp3) is 0.556. The molecular formula is C9H13NO3. The number of nitrogens with one attached hydrogen (secondary N) is 1. The number of methoxy groups -OCH3 is 1. The van der Waals surface area contributed by atoms with Gasteiger partial charge in [-0.1, -0.05) is 0 Å². The van der Waals surface area contributed by atoms with E-state index in [1.54, 1.807) is 13.2 Å². The van der Waals surface area contributed by atoms with E-state index in [1.807, 2.05) is 6.07 Å². The molecule has 0 atom stereocenters. The molecule has 0 unspecified atom stereocenters. The first-order valence-electron chi connectivity index (χ1n) is 4.26. The largest absolute Gasteiger partial charge is 0.460 e. The highest BCUT2D eigenvalue weighted by Gasteiger charge is 2.39. The molecule has 1 aromatic heterocycles. The van der Waals surface area contributed by atoms with E-state index in [-0.39, 0.29) is 0 Å². The average molecular weight is 183 g/mol. The third-order valence-electron chi connectivity index (χ3n) is 2.24. The zero-order valence-corrected chi connectivity index (χ0v) is 7.54. The number of aliphatic hydroxyl groups is 1. The van der Waals surface area contributed by atoms with Crippen molar-refractivity contribution in [3.05, 3.63) is 23.7 Å². The van der Waals surface area contributed by atoms with Crippen LogP contribution in [0, 0.1) is 0 Å². The van der Waals surface area contributed by atoms with Gasteiger partial charge < -0.3 is 19.6 Å². The summed E-state index contributed by atoms with van der Waals surface area (Å²) < 4.78 is 10.3. The van der Waals surface area contributed by atoms with E-state index in [0.29, 0.717) is 25.5 Å². The van der Waals surface area contributed by atoms with Crippen LogP contribution in [0.2, 0.25) is 0 Å². The maximum atomic E-state index is 9.87. The molecule has 1 aliphatic rings. The SMILES string of the molecule is COCc1ccc(C2(O)CNC2)o1. The van der Waals surface area contributed by atoms with Gasteiger partial charge in [0.2, 0.25) is 0 Å². The fourth-order valence-corrected chi connectivity index (χ4v) is 1.38. The molecule has 0 spiro atoms. The van der Waals surface area contributed by atoms with Gasteiger partial charge in [0.25, 0.3) is 0 Å². The van der Waals surface area contributed by atoms with Gasteiger partial charge in [0, 0.05) is 20.2 Å². The van der Waals surface area contributed by atoms with Crippen molar-refractivity contribution in [1.29, 1.82) is 0 Å². The van der Waals surface area contributed by atoms with Crippen molar-refractivity contribution in [3.63, 3.8) is 0 Å². The smallest absolute Gasteiger partial charge is 0.147 e. The Bertz CT molecular complexity index is 291.